The summed E-state index contributed by atoms with van der Waals surface area (Å²) in [6, 6.07) is 16.5. The van der Waals surface area contributed by atoms with E-state index in [0.717, 1.165) is 10.8 Å². The van der Waals surface area contributed by atoms with Gasteiger partial charge in [0, 0.05) is 49.4 Å². The molecule has 1 aliphatic heterocycles. The number of piperazine rings is 1. The van der Waals surface area contributed by atoms with E-state index >= 15 is 0 Å². The third kappa shape index (κ3) is 5.64. The molecule has 0 radical (unpaired) electrons. The molecule has 3 aromatic carbocycles. The molecule has 1 fully saturated rings. The number of fused-ring (bicyclic) bond motifs is 1. The lowest BCUT2D eigenvalue weighted by Gasteiger charge is -2.36. The highest BCUT2D eigenvalue weighted by molar-refractivity contribution is 7.89. The summed E-state index contributed by atoms with van der Waals surface area (Å²) < 4.78 is 37.9. The number of esters is 1. The number of carbonyl (C=O) groups excluding carboxylic acids is 2. The van der Waals surface area contributed by atoms with Crippen LogP contribution in [-0.2, 0) is 19.6 Å². The van der Waals surface area contributed by atoms with E-state index in [1.807, 2.05) is 0 Å². The Kier molecular flexibility index (Phi) is 7.74. The van der Waals surface area contributed by atoms with E-state index < -0.39 is 22.0 Å². The summed E-state index contributed by atoms with van der Waals surface area (Å²) in [5, 5.41) is 6.07. The lowest BCUT2D eigenvalue weighted by atomic mass is 10.1. The van der Waals surface area contributed by atoms with Crippen LogP contribution in [0.2, 0.25) is 5.02 Å². The van der Waals surface area contributed by atoms with Gasteiger partial charge in [0.05, 0.1) is 12.0 Å². The molecule has 0 N–H and O–H groups in total. The van der Waals surface area contributed by atoms with Crippen LogP contribution in [-0.4, -0.2) is 79.6 Å². The van der Waals surface area contributed by atoms with Crippen molar-refractivity contribution in [3.63, 3.8) is 0 Å². The lowest BCUT2D eigenvalue weighted by molar-refractivity contribution is -0.138. The predicted octanol–water partition coefficient (Wildman–Crippen LogP) is 3.96. The largest absolute Gasteiger partial charge is 0.468 e. The highest BCUT2D eigenvalue weighted by atomic mass is 35.5. The van der Waals surface area contributed by atoms with Gasteiger partial charge in [-0.15, -0.1) is 0 Å². The first-order valence-electron chi connectivity index (χ1n) is 12.4. The molecule has 2 heterocycles. The van der Waals surface area contributed by atoms with Crippen molar-refractivity contribution in [3.8, 4) is 11.4 Å². The number of anilines is 1. The van der Waals surface area contributed by atoms with E-state index in [-0.39, 0.29) is 37.6 Å². The van der Waals surface area contributed by atoms with Crippen LogP contribution in [0.25, 0.3) is 22.2 Å². The van der Waals surface area contributed by atoms with Crippen LogP contribution in [0.1, 0.15) is 5.89 Å². The maximum atomic E-state index is 13.5. The summed E-state index contributed by atoms with van der Waals surface area (Å²) in [6.45, 7) is 1.89. The van der Waals surface area contributed by atoms with Gasteiger partial charge in [-0.05, 0) is 59.3 Å². The molecule has 11 nitrogen and oxygen atoms in total. The zero-order chi connectivity index (χ0) is 28.4. The van der Waals surface area contributed by atoms with Gasteiger partial charge in [0.25, 0.3) is 0 Å². The molecule has 0 bridgehead atoms. The minimum atomic E-state index is -3.78. The summed E-state index contributed by atoms with van der Waals surface area (Å²) in [7, 11) is -2.53. The fourth-order valence-corrected chi connectivity index (χ4v) is 6.10. The second kappa shape index (κ2) is 11.2. The van der Waals surface area contributed by atoms with E-state index in [1.165, 1.54) is 21.2 Å². The molecule has 1 aromatic heterocycles. The number of methoxy groups -OCH3 is 1. The number of hydrogen-bond acceptors (Lipinski definition) is 8. The molecule has 208 valence electrons. The minimum Gasteiger partial charge on any atom is -0.468 e. The van der Waals surface area contributed by atoms with Gasteiger partial charge in [-0.3, -0.25) is 9.69 Å². The average Bonchev–Trinajstić information content (AvgIpc) is 3.41. The number of rotatable bonds is 6. The molecule has 40 heavy (non-hydrogen) atoms. The van der Waals surface area contributed by atoms with Crippen molar-refractivity contribution in [2.75, 3.05) is 44.7 Å². The Labute approximate surface area is 235 Å². The Morgan fingerprint density at radius 1 is 1.00 bits per heavy atom. The lowest BCUT2D eigenvalue weighted by Crippen LogP contribution is -2.54. The number of aromatic nitrogens is 2. The smallest absolute Gasteiger partial charge is 0.325 e. The van der Waals surface area contributed by atoms with Crippen molar-refractivity contribution >= 4 is 50.1 Å². The number of amides is 2. The van der Waals surface area contributed by atoms with Gasteiger partial charge in [-0.25, -0.2) is 13.2 Å². The maximum Gasteiger partial charge on any atom is 0.325 e. The second-order valence-electron chi connectivity index (χ2n) is 9.17. The fourth-order valence-electron chi connectivity index (χ4n) is 4.46. The number of ether oxygens (including phenoxy) is 1. The van der Waals surface area contributed by atoms with Gasteiger partial charge in [-0.1, -0.05) is 28.9 Å². The fraction of sp³-hybridized carbons (Fsp3) is 0.259. The number of hydrogen-bond donors (Lipinski definition) is 0. The van der Waals surface area contributed by atoms with Crippen molar-refractivity contribution in [3.05, 3.63) is 71.6 Å². The molecule has 1 saturated heterocycles. The second-order valence-corrected chi connectivity index (χ2v) is 11.5. The zero-order valence-electron chi connectivity index (χ0n) is 21.8. The van der Waals surface area contributed by atoms with Gasteiger partial charge < -0.3 is 14.2 Å². The van der Waals surface area contributed by atoms with E-state index in [4.69, 9.17) is 20.9 Å². The normalized spacial score (nSPS) is 14.3. The molecule has 0 aliphatic carbocycles. The van der Waals surface area contributed by atoms with Gasteiger partial charge >= 0.3 is 12.0 Å². The number of nitrogens with zero attached hydrogens (tertiary/aromatic N) is 5. The quantitative estimate of drug-likeness (QED) is 0.312. The van der Waals surface area contributed by atoms with E-state index in [0.29, 0.717) is 28.0 Å². The molecular formula is C27H26ClN5O6S. The van der Waals surface area contributed by atoms with Crippen LogP contribution in [0.5, 0.6) is 0 Å². The van der Waals surface area contributed by atoms with Gasteiger partial charge in [0.15, 0.2) is 0 Å². The molecule has 13 heteroatoms. The van der Waals surface area contributed by atoms with Crippen molar-refractivity contribution < 1.29 is 27.3 Å². The number of sulfonamides is 1. The Morgan fingerprint density at radius 3 is 2.33 bits per heavy atom. The third-order valence-electron chi connectivity index (χ3n) is 6.63. The molecule has 0 spiro atoms. The van der Waals surface area contributed by atoms with Crippen LogP contribution in [0.4, 0.5) is 10.5 Å². The van der Waals surface area contributed by atoms with Crippen molar-refractivity contribution in [2.24, 2.45) is 0 Å². The highest BCUT2D eigenvalue weighted by Gasteiger charge is 2.33. The van der Waals surface area contributed by atoms with E-state index in [9.17, 15) is 18.0 Å². The Morgan fingerprint density at radius 2 is 1.68 bits per heavy atom. The average molecular weight is 584 g/mol. The SMILES string of the molecule is COC(=O)CN(C(=O)N1CCN(S(=O)(=O)c2ccc3cc(Cl)ccc3c2)CC1)c1ccc(-c2noc(C)n2)cc1. The maximum absolute atomic E-state index is 13.5. The topological polar surface area (TPSA) is 126 Å². The van der Waals surface area contributed by atoms with Gasteiger partial charge in [0.2, 0.25) is 21.7 Å². The Hall–Kier alpha value is -4.00. The number of benzene rings is 3. The zero-order valence-corrected chi connectivity index (χ0v) is 23.4. The van der Waals surface area contributed by atoms with Crippen molar-refractivity contribution in [1.82, 2.24) is 19.3 Å². The molecule has 4 aromatic rings. The van der Waals surface area contributed by atoms with E-state index in [2.05, 4.69) is 10.1 Å². The Balaban J connectivity index is 1.31. The first-order chi connectivity index (χ1) is 19.2. The number of urea groups is 1. The summed E-state index contributed by atoms with van der Waals surface area (Å²) >= 11 is 6.04. The Bertz CT molecular complexity index is 1670. The first kappa shape index (κ1) is 27.6. The van der Waals surface area contributed by atoms with Crippen LogP contribution < -0.4 is 4.90 Å². The number of halogens is 1. The molecule has 1 aliphatic rings. The van der Waals surface area contributed by atoms with Crippen LogP contribution in [0, 0.1) is 6.92 Å². The van der Waals surface area contributed by atoms with Crippen LogP contribution in [0.15, 0.2) is 70.1 Å². The third-order valence-corrected chi connectivity index (χ3v) is 8.76. The predicted molar refractivity (Wildman–Crippen MR) is 149 cm³/mol. The monoisotopic (exact) mass is 583 g/mol. The first-order valence-corrected chi connectivity index (χ1v) is 14.2. The molecule has 0 atom stereocenters. The highest BCUT2D eigenvalue weighted by Crippen LogP contribution is 2.26. The molecule has 5 rings (SSSR count). The van der Waals surface area contributed by atoms with Crippen molar-refractivity contribution in [2.45, 2.75) is 11.8 Å². The van der Waals surface area contributed by atoms with E-state index in [1.54, 1.807) is 67.6 Å². The molecule has 0 unspecified atom stereocenters. The van der Waals surface area contributed by atoms with Gasteiger partial charge in [-0.2, -0.15) is 9.29 Å². The molecular weight excluding hydrogens is 558 g/mol. The van der Waals surface area contributed by atoms with Gasteiger partial charge in [0.1, 0.15) is 6.54 Å². The van der Waals surface area contributed by atoms with Crippen molar-refractivity contribution in [1.29, 1.82) is 0 Å². The molecule has 0 saturated carbocycles. The summed E-state index contributed by atoms with van der Waals surface area (Å²) in [5.74, 6) is 0.237. The number of carbonyl (C=O) groups is 2. The molecule has 2 amide bonds. The summed E-state index contributed by atoms with van der Waals surface area (Å²) in [4.78, 5) is 32.9. The standard InChI is InChI=1S/C27H26ClN5O6S/c1-18-29-26(30-39-18)19-4-8-23(9-5-19)33(17-25(34)38-2)27(35)31-11-13-32(14-12-31)40(36,37)24-10-6-20-15-22(28)7-3-21(20)16-24/h3-10,15-16H,11-14,17H2,1-2H3. The summed E-state index contributed by atoms with van der Waals surface area (Å²) in [5.41, 5.74) is 1.15. The van der Waals surface area contributed by atoms with Crippen LogP contribution >= 0.6 is 11.6 Å². The minimum absolute atomic E-state index is 0.106. The summed E-state index contributed by atoms with van der Waals surface area (Å²) in [6.07, 6.45) is 0. The number of aryl methyl sites for hydroxylation is 1. The van der Waals surface area contributed by atoms with Crippen LogP contribution in [0.3, 0.4) is 0 Å².